The minimum atomic E-state index is -1.31. The van der Waals surface area contributed by atoms with E-state index in [2.05, 4.69) is 36.9 Å². The van der Waals surface area contributed by atoms with Gasteiger partial charge in [-0.25, -0.2) is 4.68 Å². The highest BCUT2D eigenvalue weighted by Crippen LogP contribution is 2.61. The predicted molar refractivity (Wildman–Crippen MR) is 171 cm³/mol. The number of ether oxygens (including phenoxy) is 2. The molecule has 46 heavy (non-hydrogen) atoms. The predicted octanol–water partition coefficient (Wildman–Crippen LogP) is 3.02. The third-order valence-electron chi connectivity index (χ3n) is 9.23. The van der Waals surface area contributed by atoms with Crippen LogP contribution in [0.5, 0.6) is 5.75 Å². The summed E-state index contributed by atoms with van der Waals surface area (Å²) in [6.45, 7) is 1.98. The number of aliphatic hydroxyl groups excluding tert-OH is 1. The summed E-state index contributed by atoms with van der Waals surface area (Å²) in [5.41, 5.74) is 1.31. The Labute approximate surface area is 273 Å². The summed E-state index contributed by atoms with van der Waals surface area (Å²) >= 11 is 3.71. The van der Waals surface area contributed by atoms with Crippen LogP contribution in [0.2, 0.25) is 0 Å². The molecule has 13 heteroatoms. The minimum Gasteiger partial charge on any atom is -0.494 e. The Morgan fingerprint density at radius 1 is 1.09 bits per heavy atom. The van der Waals surface area contributed by atoms with E-state index in [0.717, 1.165) is 5.52 Å². The third kappa shape index (κ3) is 4.93. The number of benzene rings is 3. The van der Waals surface area contributed by atoms with Crippen LogP contribution in [0, 0.1) is 11.8 Å². The first-order valence-electron chi connectivity index (χ1n) is 15.3. The number of nitrogens with one attached hydrogen (secondary N) is 2. The average molecular weight is 690 g/mol. The van der Waals surface area contributed by atoms with Gasteiger partial charge in [-0.15, -0.1) is 5.10 Å². The molecule has 3 saturated heterocycles. The first-order valence-corrected chi connectivity index (χ1v) is 16.2. The van der Waals surface area contributed by atoms with Gasteiger partial charge >= 0.3 is 0 Å². The number of fused-ring (bicyclic) bond motifs is 2. The molecule has 3 fully saturated rings. The Kier molecular flexibility index (Phi) is 7.99. The lowest BCUT2D eigenvalue weighted by Crippen LogP contribution is -2.56. The molecule has 3 aliphatic rings. The Bertz CT molecular complexity index is 1770. The molecule has 0 aliphatic carbocycles. The number of amides is 3. The van der Waals surface area contributed by atoms with Crippen molar-refractivity contribution in [3.05, 3.63) is 84.4 Å². The third-order valence-corrected chi connectivity index (χ3v) is 10.1. The van der Waals surface area contributed by atoms with E-state index in [4.69, 9.17) is 9.47 Å². The van der Waals surface area contributed by atoms with E-state index in [0.29, 0.717) is 35.5 Å². The van der Waals surface area contributed by atoms with Gasteiger partial charge in [-0.2, -0.15) is 0 Å². The van der Waals surface area contributed by atoms with Crippen molar-refractivity contribution in [2.45, 2.75) is 48.6 Å². The highest BCUT2D eigenvalue weighted by atomic mass is 79.9. The Balaban J connectivity index is 1.23. The quantitative estimate of drug-likeness (QED) is 0.216. The molecule has 1 aromatic heterocycles. The molecule has 4 heterocycles. The summed E-state index contributed by atoms with van der Waals surface area (Å²) in [7, 11) is 0. The molecule has 3 aliphatic heterocycles. The molecule has 238 valence electrons. The highest BCUT2D eigenvalue weighted by Gasteiger charge is 2.77. The second-order valence-electron chi connectivity index (χ2n) is 11.7. The summed E-state index contributed by atoms with van der Waals surface area (Å²) in [5, 5.41) is 24.9. The van der Waals surface area contributed by atoms with Crippen LogP contribution in [-0.2, 0) is 25.8 Å². The number of carbonyl (C=O) groups excluding carboxylic acids is 3. The number of hydrogen-bond acceptors (Lipinski definition) is 8. The van der Waals surface area contributed by atoms with Crippen molar-refractivity contribution in [1.29, 1.82) is 0 Å². The molecule has 3 amide bonds. The number of aromatic nitrogens is 3. The maximum atomic E-state index is 14.6. The van der Waals surface area contributed by atoms with Crippen molar-refractivity contribution < 1.29 is 29.0 Å². The number of nitrogens with zero attached hydrogens (tertiary/aromatic N) is 4. The van der Waals surface area contributed by atoms with Crippen molar-refractivity contribution >= 4 is 50.4 Å². The molecule has 3 N–H and O–H groups in total. The van der Waals surface area contributed by atoms with Crippen LogP contribution in [0.25, 0.3) is 11.0 Å². The number of aliphatic hydroxyl groups is 1. The summed E-state index contributed by atoms with van der Waals surface area (Å²) in [4.78, 5) is 44.0. The maximum Gasteiger partial charge on any atom is 0.247 e. The van der Waals surface area contributed by atoms with Gasteiger partial charge in [0.15, 0.2) is 0 Å². The summed E-state index contributed by atoms with van der Waals surface area (Å²) in [5.74, 6) is -2.43. The number of anilines is 1. The van der Waals surface area contributed by atoms with E-state index in [-0.39, 0.29) is 17.4 Å². The molecule has 7 rings (SSSR count). The van der Waals surface area contributed by atoms with Gasteiger partial charge in [0.05, 0.1) is 42.7 Å². The molecule has 3 aromatic carbocycles. The van der Waals surface area contributed by atoms with E-state index >= 15 is 0 Å². The van der Waals surface area contributed by atoms with Gasteiger partial charge < -0.3 is 30.1 Å². The van der Waals surface area contributed by atoms with Crippen LogP contribution in [0.4, 0.5) is 5.69 Å². The number of carbonyl (C=O) groups is 3. The van der Waals surface area contributed by atoms with Gasteiger partial charge in [-0.05, 0) is 55.3 Å². The van der Waals surface area contributed by atoms with Crippen molar-refractivity contribution in [3.63, 3.8) is 0 Å². The fourth-order valence-corrected chi connectivity index (χ4v) is 8.29. The number of para-hydroxylation sites is 1. The molecule has 4 aromatic rings. The van der Waals surface area contributed by atoms with Gasteiger partial charge in [0, 0.05) is 10.5 Å². The van der Waals surface area contributed by atoms with E-state index in [1.807, 2.05) is 49.4 Å². The lowest BCUT2D eigenvalue weighted by Gasteiger charge is -2.37. The smallest absolute Gasteiger partial charge is 0.247 e. The minimum absolute atomic E-state index is 0.00340. The summed E-state index contributed by atoms with van der Waals surface area (Å²) in [6.07, 6.45) is -0.313. The lowest BCUT2D eigenvalue weighted by atomic mass is 9.70. The zero-order chi connectivity index (χ0) is 32.0. The zero-order valence-corrected chi connectivity index (χ0v) is 26.5. The van der Waals surface area contributed by atoms with E-state index in [9.17, 15) is 19.5 Å². The van der Waals surface area contributed by atoms with Crippen molar-refractivity contribution in [2.24, 2.45) is 11.8 Å². The van der Waals surface area contributed by atoms with Gasteiger partial charge in [0.1, 0.15) is 29.6 Å². The van der Waals surface area contributed by atoms with E-state index < -0.39 is 54.0 Å². The Morgan fingerprint density at radius 2 is 1.83 bits per heavy atom. The van der Waals surface area contributed by atoms with Gasteiger partial charge in [-0.1, -0.05) is 63.6 Å². The summed E-state index contributed by atoms with van der Waals surface area (Å²) < 4.78 is 13.7. The van der Waals surface area contributed by atoms with Gasteiger partial charge in [0.25, 0.3) is 0 Å². The van der Waals surface area contributed by atoms with Crippen LogP contribution in [-0.4, -0.2) is 78.5 Å². The topological polar surface area (TPSA) is 148 Å². The molecule has 3 unspecified atom stereocenters. The van der Waals surface area contributed by atoms with Crippen LogP contribution >= 0.6 is 15.9 Å². The number of hydrogen-bond donors (Lipinski definition) is 3. The Hall–Kier alpha value is -4.33. The fourth-order valence-electron chi connectivity index (χ4n) is 7.34. The summed E-state index contributed by atoms with van der Waals surface area (Å²) in [6, 6.07) is 21.5. The lowest BCUT2D eigenvalue weighted by molar-refractivity contribution is -0.145. The van der Waals surface area contributed by atoms with Crippen LogP contribution in [0.3, 0.4) is 0 Å². The van der Waals surface area contributed by atoms with Crippen molar-refractivity contribution in [2.75, 3.05) is 18.5 Å². The van der Waals surface area contributed by atoms with Crippen molar-refractivity contribution in [1.82, 2.24) is 25.2 Å². The fraction of sp³-hybridized carbons (Fsp3) is 0.364. The number of rotatable bonds is 10. The number of halogens is 1. The highest BCUT2D eigenvalue weighted by molar-refractivity contribution is 9.09. The second kappa shape index (κ2) is 12.1. The van der Waals surface area contributed by atoms with Crippen molar-refractivity contribution in [3.8, 4) is 5.75 Å². The molecular formula is C33H33BrN6O6. The molecule has 2 bridgehead atoms. The number of likely N-dealkylation sites (tertiary alicyclic amines) is 1. The van der Waals surface area contributed by atoms with E-state index in [1.54, 1.807) is 41.1 Å². The largest absolute Gasteiger partial charge is 0.494 e. The van der Waals surface area contributed by atoms with Gasteiger partial charge in [0.2, 0.25) is 17.7 Å². The molecule has 7 atom stereocenters. The number of alkyl halides is 1. The first kappa shape index (κ1) is 30.3. The van der Waals surface area contributed by atoms with Crippen LogP contribution in [0.1, 0.15) is 24.9 Å². The van der Waals surface area contributed by atoms with Crippen LogP contribution in [0.15, 0.2) is 78.9 Å². The zero-order valence-electron chi connectivity index (χ0n) is 25.0. The normalized spacial score (nSPS) is 27.1. The molecular weight excluding hydrogens is 656 g/mol. The molecule has 0 saturated carbocycles. The monoisotopic (exact) mass is 688 g/mol. The molecule has 12 nitrogen and oxygen atoms in total. The standard InChI is InChI=1S/C33H33BrN6O6/c1-2-45-21-14-12-20(13-15-21)36-30(42)26-27-32(44)40(25(17-41)19-8-4-3-5-9-19)29(33(27)16-22(34)28(26)46-33)31(43)35-18-39-24-11-7-6-10-23(24)37-38-39/h3-15,22,25-29,41H,2,16-18H2,1H3,(H,35,43)(H,36,42)/t22?,25-,26-,27+,28-,29?,33?/m1/s1. The molecule has 0 radical (unpaired) electrons. The molecule has 1 spiro atoms. The van der Waals surface area contributed by atoms with E-state index in [1.165, 1.54) is 4.90 Å². The van der Waals surface area contributed by atoms with Gasteiger partial charge in [-0.3, -0.25) is 14.4 Å². The SMILES string of the molecule is CCOc1ccc(NC(=O)[C@H]2[C@@H]3OC4(CC3Br)C(C(=O)NCn3nnc5ccccc53)N([C@H](CO)c3ccccc3)C(=O)[C@H]24)cc1. The van der Waals surface area contributed by atoms with Crippen LogP contribution < -0.4 is 15.4 Å². The average Bonchev–Trinajstić information content (AvgIpc) is 3.79. The first-order chi connectivity index (χ1) is 22.4. The maximum absolute atomic E-state index is 14.6. The second-order valence-corrected chi connectivity index (χ2v) is 12.9. The Morgan fingerprint density at radius 3 is 2.57 bits per heavy atom.